The van der Waals surface area contributed by atoms with Crippen LogP contribution in [0.2, 0.25) is 5.02 Å². The van der Waals surface area contributed by atoms with Crippen LogP contribution in [0.3, 0.4) is 0 Å². The lowest BCUT2D eigenvalue weighted by Gasteiger charge is -2.10. The van der Waals surface area contributed by atoms with Crippen molar-refractivity contribution in [1.29, 1.82) is 0 Å². The van der Waals surface area contributed by atoms with Crippen molar-refractivity contribution in [3.63, 3.8) is 0 Å². The molecule has 0 unspecified atom stereocenters. The highest BCUT2D eigenvalue weighted by molar-refractivity contribution is 7.15. The van der Waals surface area contributed by atoms with Gasteiger partial charge in [0.25, 0.3) is 0 Å². The average molecular weight is 429 g/mol. The second kappa shape index (κ2) is 8.08. The minimum absolute atomic E-state index is 0.184. The van der Waals surface area contributed by atoms with Crippen LogP contribution in [-0.2, 0) is 22.5 Å². The van der Waals surface area contributed by atoms with Crippen LogP contribution in [0.15, 0.2) is 29.3 Å². The molecular formula is C21H21ClN4O2S. The zero-order valence-electron chi connectivity index (χ0n) is 16.5. The zero-order valence-corrected chi connectivity index (χ0v) is 18.1. The van der Waals surface area contributed by atoms with Crippen molar-refractivity contribution in [2.24, 2.45) is 4.99 Å². The Labute approximate surface area is 178 Å². The maximum Gasteiger partial charge on any atom is 0.306 e. The largest absolute Gasteiger partial charge is 0.466 e. The van der Waals surface area contributed by atoms with Gasteiger partial charge in [0.05, 0.1) is 18.7 Å². The summed E-state index contributed by atoms with van der Waals surface area (Å²) in [5.74, 6) is 1.43. The van der Waals surface area contributed by atoms with Crippen LogP contribution < -0.4 is 0 Å². The molecule has 0 saturated heterocycles. The lowest BCUT2D eigenvalue weighted by molar-refractivity contribution is -0.143. The summed E-state index contributed by atoms with van der Waals surface area (Å²) in [6, 6.07) is 7.73. The molecule has 0 radical (unpaired) electrons. The van der Waals surface area contributed by atoms with Gasteiger partial charge in [-0.25, -0.2) is 0 Å². The minimum Gasteiger partial charge on any atom is -0.466 e. The maximum atomic E-state index is 11.9. The molecule has 0 atom stereocenters. The third kappa shape index (κ3) is 3.60. The molecule has 3 aromatic rings. The predicted molar refractivity (Wildman–Crippen MR) is 114 cm³/mol. The first-order chi connectivity index (χ1) is 14.0. The van der Waals surface area contributed by atoms with Gasteiger partial charge < -0.3 is 4.74 Å². The van der Waals surface area contributed by atoms with Crippen LogP contribution in [0.25, 0.3) is 5.00 Å². The summed E-state index contributed by atoms with van der Waals surface area (Å²) >= 11 is 8.17. The molecular weight excluding hydrogens is 408 g/mol. The SMILES string of the molecule is CCOC(=O)CCc1sc2c(c1C)C(c1ccccc1Cl)=NCc1nnc(C)n1-2. The number of fused-ring (bicyclic) bond motifs is 3. The van der Waals surface area contributed by atoms with E-state index in [0.717, 1.165) is 43.9 Å². The molecule has 0 aliphatic carbocycles. The van der Waals surface area contributed by atoms with Crippen LogP contribution in [-0.4, -0.2) is 33.1 Å². The number of halogens is 1. The van der Waals surface area contributed by atoms with E-state index in [1.807, 2.05) is 38.1 Å². The molecule has 3 heterocycles. The van der Waals surface area contributed by atoms with Gasteiger partial charge in [0.15, 0.2) is 5.82 Å². The summed E-state index contributed by atoms with van der Waals surface area (Å²) in [5.41, 5.74) is 3.88. The summed E-state index contributed by atoms with van der Waals surface area (Å²) < 4.78 is 7.16. The van der Waals surface area contributed by atoms with E-state index in [1.165, 1.54) is 0 Å². The maximum absolute atomic E-state index is 11.9. The van der Waals surface area contributed by atoms with Crippen molar-refractivity contribution in [2.75, 3.05) is 6.61 Å². The molecule has 1 aromatic carbocycles. The normalized spacial score (nSPS) is 12.8. The van der Waals surface area contributed by atoms with Gasteiger partial charge in [-0.3, -0.25) is 14.4 Å². The van der Waals surface area contributed by atoms with Gasteiger partial charge in [0.2, 0.25) is 0 Å². The number of hydrogen-bond acceptors (Lipinski definition) is 6. The highest BCUT2D eigenvalue weighted by Gasteiger charge is 2.28. The van der Waals surface area contributed by atoms with Crippen molar-refractivity contribution in [3.8, 4) is 5.00 Å². The van der Waals surface area contributed by atoms with E-state index >= 15 is 0 Å². The molecule has 0 spiro atoms. The Bertz CT molecular complexity index is 1120. The number of aryl methyl sites for hydroxylation is 2. The summed E-state index contributed by atoms with van der Waals surface area (Å²) in [7, 11) is 0. The first-order valence-electron chi connectivity index (χ1n) is 9.50. The monoisotopic (exact) mass is 428 g/mol. The van der Waals surface area contributed by atoms with Gasteiger partial charge in [-0.05, 0) is 38.8 Å². The second-order valence-corrected chi connectivity index (χ2v) is 8.27. The number of nitrogens with zero attached hydrogens (tertiary/aromatic N) is 4. The Kier molecular flexibility index (Phi) is 5.52. The molecule has 29 heavy (non-hydrogen) atoms. The summed E-state index contributed by atoms with van der Waals surface area (Å²) in [4.78, 5) is 17.9. The number of aromatic nitrogens is 3. The number of rotatable bonds is 5. The zero-order chi connectivity index (χ0) is 20.5. The molecule has 8 heteroatoms. The van der Waals surface area contributed by atoms with Gasteiger partial charge in [0, 0.05) is 21.0 Å². The van der Waals surface area contributed by atoms with Gasteiger partial charge in [-0.2, -0.15) is 0 Å². The van der Waals surface area contributed by atoms with E-state index in [9.17, 15) is 4.79 Å². The summed E-state index contributed by atoms with van der Waals surface area (Å²) in [6.45, 7) is 6.66. The molecule has 2 aromatic heterocycles. The van der Waals surface area contributed by atoms with E-state index in [0.29, 0.717) is 31.0 Å². The van der Waals surface area contributed by atoms with E-state index in [-0.39, 0.29) is 5.97 Å². The van der Waals surface area contributed by atoms with E-state index in [4.69, 9.17) is 21.3 Å². The molecule has 0 fully saturated rings. The molecule has 0 bridgehead atoms. The lowest BCUT2D eigenvalue weighted by atomic mass is 9.99. The predicted octanol–water partition coefficient (Wildman–Crippen LogP) is 4.45. The first-order valence-corrected chi connectivity index (χ1v) is 10.7. The fourth-order valence-corrected chi connectivity index (χ4v) is 5.14. The molecule has 6 nitrogen and oxygen atoms in total. The third-order valence-corrected chi connectivity index (χ3v) is 6.59. The Morgan fingerprint density at radius 3 is 2.83 bits per heavy atom. The molecule has 150 valence electrons. The Morgan fingerprint density at radius 1 is 1.28 bits per heavy atom. The third-order valence-electron chi connectivity index (χ3n) is 4.93. The molecule has 4 rings (SSSR count). The van der Waals surface area contributed by atoms with E-state index < -0.39 is 0 Å². The molecule has 0 saturated carbocycles. The molecule has 0 N–H and O–H groups in total. The first kappa shape index (κ1) is 19.8. The van der Waals surface area contributed by atoms with Gasteiger partial charge in [-0.15, -0.1) is 21.5 Å². The smallest absolute Gasteiger partial charge is 0.306 e. The summed E-state index contributed by atoms with van der Waals surface area (Å²) in [6.07, 6.45) is 0.968. The molecule has 1 aliphatic rings. The van der Waals surface area contributed by atoms with Crippen LogP contribution >= 0.6 is 22.9 Å². The number of hydrogen-bond donors (Lipinski definition) is 0. The fourth-order valence-electron chi connectivity index (χ4n) is 3.54. The van der Waals surface area contributed by atoms with E-state index in [1.54, 1.807) is 11.3 Å². The fraction of sp³-hybridized carbons (Fsp3) is 0.333. The van der Waals surface area contributed by atoms with Gasteiger partial charge >= 0.3 is 5.97 Å². The standard InChI is InChI=1S/C21H21ClN4O2S/c1-4-28-18(27)10-9-16-12(2)19-20(14-7-5-6-8-15(14)22)23-11-17-25-24-13(3)26(17)21(19)29-16/h5-8H,4,9-11H2,1-3H3. The number of esters is 1. The number of benzene rings is 1. The van der Waals surface area contributed by atoms with Crippen LogP contribution in [0, 0.1) is 13.8 Å². The van der Waals surface area contributed by atoms with Gasteiger partial charge in [0.1, 0.15) is 17.4 Å². The Morgan fingerprint density at radius 2 is 2.07 bits per heavy atom. The van der Waals surface area contributed by atoms with Crippen molar-refractivity contribution in [3.05, 3.63) is 62.5 Å². The van der Waals surface area contributed by atoms with Crippen molar-refractivity contribution in [2.45, 2.75) is 40.2 Å². The van der Waals surface area contributed by atoms with Crippen molar-refractivity contribution >= 4 is 34.6 Å². The van der Waals surface area contributed by atoms with Crippen LogP contribution in [0.1, 0.15) is 46.6 Å². The van der Waals surface area contributed by atoms with Crippen LogP contribution in [0.5, 0.6) is 0 Å². The van der Waals surface area contributed by atoms with Crippen molar-refractivity contribution < 1.29 is 9.53 Å². The number of ether oxygens (including phenoxy) is 1. The van der Waals surface area contributed by atoms with Gasteiger partial charge in [-0.1, -0.05) is 29.8 Å². The number of carbonyl (C=O) groups is 1. The molecule has 0 amide bonds. The highest BCUT2D eigenvalue weighted by atomic mass is 35.5. The minimum atomic E-state index is -0.184. The summed E-state index contributed by atoms with van der Waals surface area (Å²) in [5, 5.41) is 10.2. The second-order valence-electron chi connectivity index (χ2n) is 6.78. The number of aliphatic imine (C=N–C) groups is 1. The average Bonchev–Trinajstić information content (AvgIpc) is 3.16. The Balaban J connectivity index is 1.85. The Hall–Kier alpha value is -2.51. The lowest BCUT2D eigenvalue weighted by Crippen LogP contribution is -2.08. The topological polar surface area (TPSA) is 69.4 Å². The number of carbonyl (C=O) groups excluding carboxylic acids is 1. The van der Waals surface area contributed by atoms with Crippen molar-refractivity contribution in [1.82, 2.24) is 14.8 Å². The highest BCUT2D eigenvalue weighted by Crippen LogP contribution is 2.38. The number of thiophene rings is 1. The quantitative estimate of drug-likeness (QED) is 0.563. The van der Waals surface area contributed by atoms with E-state index in [2.05, 4.69) is 21.7 Å². The van der Waals surface area contributed by atoms with Crippen LogP contribution in [0.4, 0.5) is 0 Å². The molecule has 1 aliphatic heterocycles.